The van der Waals surface area contributed by atoms with Crippen molar-refractivity contribution in [1.82, 2.24) is 9.73 Å². The van der Waals surface area contributed by atoms with Gasteiger partial charge in [0.05, 0.1) is 29.4 Å². The minimum Gasteiger partial charge on any atom is -0.507 e. The van der Waals surface area contributed by atoms with Crippen LogP contribution in [0.15, 0.2) is 46.4 Å². The maximum atomic E-state index is 14.2. The number of morpholine rings is 1. The number of amides is 1. The minimum absolute atomic E-state index is 0.0975. The number of phenols is 1. The van der Waals surface area contributed by atoms with Gasteiger partial charge in [0.2, 0.25) is 10.0 Å². The van der Waals surface area contributed by atoms with Crippen LogP contribution < -0.4 is 5.43 Å². The average molecular weight is 456 g/mol. The standard InChI is InChI=1S/C19H19ClFN3O5S/c1-12(15-10-13(20)2-5-18(15)25)22-23-19(26)16-11-14(3-4-17(16)21)30(27,28)24-6-8-29-9-7-24/h2-5,10-11,25H,6-9H2,1H3,(H,23,26). The molecule has 160 valence electrons. The van der Waals surface area contributed by atoms with Crippen LogP contribution in [-0.4, -0.2) is 55.8 Å². The van der Waals surface area contributed by atoms with Gasteiger partial charge in [-0.3, -0.25) is 4.79 Å². The zero-order chi connectivity index (χ0) is 21.9. The predicted molar refractivity (Wildman–Crippen MR) is 109 cm³/mol. The lowest BCUT2D eigenvalue weighted by molar-refractivity contribution is 0.0730. The number of benzene rings is 2. The number of nitrogens with zero attached hydrogens (tertiary/aromatic N) is 2. The van der Waals surface area contributed by atoms with Crippen molar-refractivity contribution in [3.8, 4) is 5.75 Å². The maximum Gasteiger partial charge on any atom is 0.274 e. The molecular formula is C19H19ClFN3O5S. The number of phenolic OH excluding ortho intramolecular Hbond substituents is 1. The molecule has 1 saturated heterocycles. The first-order chi connectivity index (χ1) is 14.2. The molecule has 1 aliphatic rings. The average Bonchev–Trinajstić information content (AvgIpc) is 2.74. The summed E-state index contributed by atoms with van der Waals surface area (Å²) in [5, 5.41) is 14.1. The fraction of sp³-hybridized carbons (Fsp3) is 0.263. The Morgan fingerprint density at radius 2 is 1.90 bits per heavy atom. The molecule has 0 atom stereocenters. The number of sulfonamides is 1. The van der Waals surface area contributed by atoms with Crippen molar-refractivity contribution in [2.45, 2.75) is 11.8 Å². The normalized spacial score (nSPS) is 15.8. The van der Waals surface area contributed by atoms with Crippen LogP contribution in [0, 0.1) is 5.82 Å². The summed E-state index contributed by atoms with van der Waals surface area (Å²) in [5.74, 6) is -1.93. The van der Waals surface area contributed by atoms with Crippen molar-refractivity contribution in [1.29, 1.82) is 0 Å². The van der Waals surface area contributed by atoms with E-state index in [1.54, 1.807) is 0 Å². The molecule has 30 heavy (non-hydrogen) atoms. The molecule has 2 aromatic rings. The second kappa shape index (κ2) is 9.09. The van der Waals surface area contributed by atoms with E-state index in [1.807, 2.05) is 0 Å². The van der Waals surface area contributed by atoms with E-state index in [-0.39, 0.29) is 48.2 Å². The number of rotatable bonds is 5. The van der Waals surface area contributed by atoms with Gasteiger partial charge in [0, 0.05) is 23.7 Å². The number of hydrogen-bond donors (Lipinski definition) is 2. The van der Waals surface area contributed by atoms with Gasteiger partial charge >= 0.3 is 0 Å². The first kappa shape index (κ1) is 22.2. The highest BCUT2D eigenvalue weighted by Crippen LogP contribution is 2.23. The molecule has 8 nitrogen and oxygen atoms in total. The van der Waals surface area contributed by atoms with E-state index in [9.17, 15) is 22.7 Å². The van der Waals surface area contributed by atoms with Gasteiger partial charge < -0.3 is 9.84 Å². The molecule has 1 amide bonds. The van der Waals surface area contributed by atoms with Gasteiger partial charge in [-0.15, -0.1) is 0 Å². The van der Waals surface area contributed by atoms with Crippen LogP contribution in [0.4, 0.5) is 4.39 Å². The predicted octanol–water partition coefficient (Wildman–Crippen LogP) is 2.36. The largest absolute Gasteiger partial charge is 0.507 e. The van der Waals surface area contributed by atoms with Crippen LogP contribution >= 0.6 is 11.6 Å². The van der Waals surface area contributed by atoms with Gasteiger partial charge in [-0.1, -0.05) is 11.6 Å². The zero-order valence-electron chi connectivity index (χ0n) is 15.9. The SMILES string of the molecule is CC(=NNC(=O)c1cc(S(=O)(=O)N2CCOCC2)ccc1F)c1cc(Cl)ccc1O. The Morgan fingerprint density at radius 3 is 2.60 bits per heavy atom. The van der Waals surface area contributed by atoms with Crippen molar-refractivity contribution in [2.24, 2.45) is 5.10 Å². The molecule has 0 bridgehead atoms. The van der Waals surface area contributed by atoms with Gasteiger partial charge in [0.1, 0.15) is 11.6 Å². The third kappa shape index (κ3) is 4.78. The van der Waals surface area contributed by atoms with E-state index in [0.717, 1.165) is 18.2 Å². The highest BCUT2D eigenvalue weighted by atomic mass is 35.5. The van der Waals surface area contributed by atoms with Crippen LogP contribution in [0.2, 0.25) is 5.02 Å². The summed E-state index contributed by atoms with van der Waals surface area (Å²) >= 11 is 5.89. The summed E-state index contributed by atoms with van der Waals surface area (Å²) in [4.78, 5) is 12.2. The lowest BCUT2D eigenvalue weighted by Gasteiger charge is -2.26. The summed E-state index contributed by atoms with van der Waals surface area (Å²) in [7, 11) is -3.90. The molecule has 2 aromatic carbocycles. The quantitative estimate of drug-likeness (QED) is 0.531. The second-order valence-electron chi connectivity index (χ2n) is 6.46. The van der Waals surface area contributed by atoms with E-state index in [1.165, 1.54) is 29.4 Å². The van der Waals surface area contributed by atoms with E-state index in [2.05, 4.69) is 10.5 Å². The molecule has 0 unspecified atom stereocenters. The first-order valence-corrected chi connectivity index (χ1v) is 10.7. The molecule has 2 N–H and O–H groups in total. The van der Waals surface area contributed by atoms with Crippen LogP contribution in [-0.2, 0) is 14.8 Å². The molecule has 0 aromatic heterocycles. The molecule has 11 heteroatoms. The van der Waals surface area contributed by atoms with Gasteiger partial charge in [-0.25, -0.2) is 18.2 Å². The number of hydrazone groups is 1. The summed E-state index contributed by atoms with van der Waals surface area (Å²) in [5.41, 5.74) is 2.20. The van der Waals surface area contributed by atoms with E-state index in [0.29, 0.717) is 5.02 Å². The minimum atomic E-state index is -3.90. The molecule has 0 radical (unpaired) electrons. The second-order valence-corrected chi connectivity index (χ2v) is 8.83. The fourth-order valence-corrected chi connectivity index (χ4v) is 4.43. The van der Waals surface area contributed by atoms with Gasteiger partial charge in [0.25, 0.3) is 5.91 Å². The Bertz CT molecular complexity index is 1100. The van der Waals surface area contributed by atoms with Crippen LogP contribution in [0.5, 0.6) is 5.75 Å². The monoisotopic (exact) mass is 455 g/mol. The Hall–Kier alpha value is -2.53. The Labute approximate surface area is 178 Å². The molecule has 0 saturated carbocycles. The molecule has 1 aliphatic heterocycles. The summed E-state index contributed by atoms with van der Waals surface area (Å²) in [6.45, 7) is 2.39. The third-order valence-corrected chi connectivity index (χ3v) is 6.59. The van der Waals surface area contributed by atoms with Crippen molar-refractivity contribution < 1.29 is 27.4 Å². The molecule has 1 fully saturated rings. The lowest BCUT2D eigenvalue weighted by Crippen LogP contribution is -2.40. The Kier molecular flexibility index (Phi) is 6.71. The number of carbonyl (C=O) groups excluding carboxylic acids is 1. The number of halogens is 2. The van der Waals surface area contributed by atoms with Gasteiger partial charge in [0.15, 0.2) is 0 Å². The van der Waals surface area contributed by atoms with Crippen molar-refractivity contribution in [3.63, 3.8) is 0 Å². The highest BCUT2D eigenvalue weighted by molar-refractivity contribution is 7.89. The van der Waals surface area contributed by atoms with E-state index in [4.69, 9.17) is 16.3 Å². The zero-order valence-corrected chi connectivity index (χ0v) is 17.5. The summed E-state index contributed by atoms with van der Waals surface area (Å²) in [6.07, 6.45) is 0. The summed E-state index contributed by atoms with van der Waals surface area (Å²) in [6, 6.07) is 7.31. The van der Waals surface area contributed by atoms with Crippen LogP contribution in [0.25, 0.3) is 0 Å². The topological polar surface area (TPSA) is 108 Å². The van der Waals surface area contributed by atoms with Gasteiger partial charge in [-0.05, 0) is 43.3 Å². The molecule has 1 heterocycles. The van der Waals surface area contributed by atoms with Crippen LogP contribution in [0.1, 0.15) is 22.8 Å². The van der Waals surface area contributed by atoms with Crippen molar-refractivity contribution in [2.75, 3.05) is 26.3 Å². The number of hydrogen-bond acceptors (Lipinski definition) is 6. The smallest absolute Gasteiger partial charge is 0.274 e. The molecular weight excluding hydrogens is 437 g/mol. The number of nitrogens with one attached hydrogen (secondary N) is 1. The summed E-state index contributed by atoms with van der Waals surface area (Å²) < 4.78 is 46.1. The maximum absolute atomic E-state index is 14.2. The Balaban J connectivity index is 1.84. The molecule has 0 aliphatic carbocycles. The molecule has 3 rings (SSSR count). The molecule has 0 spiro atoms. The van der Waals surface area contributed by atoms with Crippen molar-refractivity contribution in [3.05, 3.63) is 58.4 Å². The number of ether oxygens (including phenoxy) is 1. The van der Waals surface area contributed by atoms with E-state index >= 15 is 0 Å². The van der Waals surface area contributed by atoms with E-state index < -0.39 is 27.3 Å². The fourth-order valence-electron chi connectivity index (χ4n) is 2.83. The Morgan fingerprint density at radius 1 is 1.20 bits per heavy atom. The number of carbonyl (C=O) groups is 1. The van der Waals surface area contributed by atoms with Crippen molar-refractivity contribution >= 4 is 33.2 Å². The first-order valence-electron chi connectivity index (χ1n) is 8.91. The third-order valence-electron chi connectivity index (χ3n) is 4.46. The number of aromatic hydroxyl groups is 1. The highest BCUT2D eigenvalue weighted by Gasteiger charge is 2.28. The lowest BCUT2D eigenvalue weighted by atomic mass is 10.1. The van der Waals surface area contributed by atoms with Gasteiger partial charge in [-0.2, -0.15) is 9.41 Å². The van der Waals surface area contributed by atoms with Crippen LogP contribution in [0.3, 0.4) is 0 Å².